The van der Waals surface area contributed by atoms with E-state index in [2.05, 4.69) is 28.8 Å². The topological polar surface area (TPSA) is 80.4 Å². The zero-order valence-electron chi connectivity index (χ0n) is 12.3. The van der Waals surface area contributed by atoms with Crippen molar-refractivity contribution in [3.05, 3.63) is 0 Å². The van der Waals surface area contributed by atoms with E-state index < -0.39 is 0 Å². The van der Waals surface area contributed by atoms with Gasteiger partial charge in [-0.1, -0.05) is 0 Å². The van der Waals surface area contributed by atoms with Crippen molar-refractivity contribution >= 4 is 17.8 Å². The Bertz CT molecular complexity index is 382. The summed E-state index contributed by atoms with van der Waals surface area (Å²) in [6, 6.07) is 0. The Morgan fingerprint density at radius 1 is 0.947 bits per heavy atom. The molecular weight excluding hydrogens is 244 g/mol. The number of aromatic nitrogens is 3. The number of nitrogen functional groups attached to an aromatic ring is 1. The van der Waals surface area contributed by atoms with Crippen LogP contribution in [0.3, 0.4) is 0 Å². The van der Waals surface area contributed by atoms with Gasteiger partial charge in [0.15, 0.2) is 0 Å². The largest absolute Gasteiger partial charge is 0.383 e. The SMILES string of the molecule is CCN(CC)c1nc(N)nc(N(CC)CCOC)n1. The third-order valence-corrected chi connectivity index (χ3v) is 2.91. The molecule has 0 amide bonds. The minimum absolute atomic E-state index is 0.253. The van der Waals surface area contributed by atoms with Crippen molar-refractivity contribution in [1.29, 1.82) is 0 Å². The third kappa shape index (κ3) is 4.20. The van der Waals surface area contributed by atoms with E-state index in [1.54, 1.807) is 7.11 Å². The average Bonchev–Trinajstić information content (AvgIpc) is 2.40. The molecule has 1 aromatic heterocycles. The van der Waals surface area contributed by atoms with E-state index in [-0.39, 0.29) is 5.95 Å². The van der Waals surface area contributed by atoms with Crippen molar-refractivity contribution in [2.24, 2.45) is 0 Å². The minimum atomic E-state index is 0.253. The molecule has 0 aliphatic heterocycles. The van der Waals surface area contributed by atoms with Gasteiger partial charge in [0.1, 0.15) is 0 Å². The highest BCUT2D eigenvalue weighted by Gasteiger charge is 2.13. The molecule has 0 aliphatic rings. The first-order valence-electron chi connectivity index (χ1n) is 6.66. The van der Waals surface area contributed by atoms with Crippen LogP contribution in [0.4, 0.5) is 17.8 Å². The van der Waals surface area contributed by atoms with Gasteiger partial charge < -0.3 is 20.3 Å². The number of rotatable bonds is 8. The van der Waals surface area contributed by atoms with Crippen LogP contribution in [0.25, 0.3) is 0 Å². The molecule has 0 unspecified atom stereocenters. The lowest BCUT2D eigenvalue weighted by molar-refractivity contribution is 0.205. The Morgan fingerprint density at radius 3 is 1.95 bits per heavy atom. The zero-order valence-corrected chi connectivity index (χ0v) is 12.3. The van der Waals surface area contributed by atoms with Crippen LogP contribution in [0, 0.1) is 0 Å². The third-order valence-electron chi connectivity index (χ3n) is 2.91. The number of hydrogen-bond acceptors (Lipinski definition) is 7. The van der Waals surface area contributed by atoms with Gasteiger partial charge in [0, 0.05) is 33.3 Å². The standard InChI is InChI=1S/C12H24N6O/c1-5-17(6-2)11-14-10(13)15-12(16-11)18(7-3)8-9-19-4/h5-9H2,1-4H3,(H2,13,14,15,16). The molecule has 1 aromatic rings. The summed E-state index contributed by atoms with van der Waals surface area (Å²) in [4.78, 5) is 17.0. The molecule has 0 aliphatic carbocycles. The van der Waals surface area contributed by atoms with Crippen molar-refractivity contribution in [3.8, 4) is 0 Å². The maximum atomic E-state index is 5.78. The lowest BCUT2D eigenvalue weighted by atomic mass is 10.5. The van der Waals surface area contributed by atoms with Gasteiger partial charge in [-0.3, -0.25) is 0 Å². The van der Waals surface area contributed by atoms with Crippen molar-refractivity contribution < 1.29 is 4.74 Å². The Kier molecular flexibility index (Phi) is 6.27. The number of likely N-dealkylation sites (N-methyl/N-ethyl adjacent to an activating group) is 1. The molecule has 0 saturated carbocycles. The molecule has 0 aromatic carbocycles. The summed E-state index contributed by atoms with van der Waals surface area (Å²) in [5, 5.41) is 0. The van der Waals surface area contributed by atoms with E-state index in [0.717, 1.165) is 26.2 Å². The fraction of sp³-hybridized carbons (Fsp3) is 0.750. The van der Waals surface area contributed by atoms with Crippen LogP contribution in [0.15, 0.2) is 0 Å². The van der Waals surface area contributed by atoms with E-state index in [4.69, 9.17) is 10.5 Å². The first kappa shape index (κ1) is 15.4. The van der Waals surface area contributed by atoms with Gasteiger partial charge in [0.05, 0.1) is 6.61 Å². The summed E-state index contributed by atoms with van der Waals surface area (Å²) in [5.74, 6) is 1.49. The van der Waals surface area contributed by atoms with E-state index in [1.807, 2.05) is 16.7 Å². The molecule has 1 rings (SSSR count). The number of methoxy groups -OCH3 is 1. The molecule has 7 nitrogen and oxygen atoms in total. The summed E-state index contributed by atoms with van der Waals surface area (Å²) < 4.78 is 5.09. The van der Waals surface area contributed by atoms with Gasteiger partial charge in [-0.15, -0.1) is 0 Å². The second-order valence-electron chi connectivity index (χ2n) is 4.04. The van der Waals surface area contributed by atoms with Gasteiger partial charge in [-0.25, -0.2) is 0 Å². The van der Waals surface area contributed by atoms with Gasteiger partial charge in [0.25, 0.3) is 0 Å². The molecule has 2 N–H and O–H groups in total. The molecule has 0 spiro atoms. The molecule has 0 atom stereocenters. The molecule has 1 heterocycles. The molecule has 7 heteroatoms. The lowest BCUT2D eigenvalue weighted by Gasteiger charge is -2.23. The van der Waals surface area contributed by atoms with Crippen LogP contribution >= 0.6 is 0 Å². The highest BCUT2D eigenvalue weighted by Crippen LogP contribution is 2.14. The Balaban J connectivity index is 2.99. The molecule has 0 bridgehead atoms. The minimum Gasteiger partial charge on any atom is -0.383 e. The monoisotopic (exact) mass is 268 g/mol. The molecular formula is C12H24N6O. The van der Waals surface area contributed by atoms with Crippen molar-refractivity contribution in [3.63, 3.8) is 0 Å². The zero-order chi connectivity index (χ0) is 14.3. The van der Waals surface area contributed by atoms with Crippen molar-refractivity contribution in [1.82, 2.24) is 15.0 Å². The molecule has 19 heavy (non-hydrogen) atoms. The number of anilines is 3. The average molecular weight is 268 g/mol. The highest BCUT2D eigenvalue weighted by atomic mass is 16.5. The van der Waals surface area contributed by atoms with Crippen LogP contribution < -0.4 is 15.5 Å². The van der Waals surface area contributed by atoms with Crippen LogP contribution in [0.5, 0.6) is 0 Å². The smallest absolute Gasteiger partial charge is 0.232 e. The van der Waals surface area contributed by atoms with Crippen LogP contribution in [-0.4, -0.2) is 54.8 Å². The number of nitrogens with two attached hydrogens (primary N) is 1. The van der Waals surface area contributed by atoms with E-state index in [9.17, 15) is 0 Å². The van der Waals surface area contributed by atoms with Gasteiger partial charge in [-0.2, -0.15) is 15.0 Å². The van der Waals surface area contributed by atoms with Crippen LogP contribution in [-0.2, 0) is 4.74 Å². The quantitative estimate of drug-likeness (QED) is 0.746. The first-order chi connectivity index (χ1) is 9.15. The normalized spacial score (nSPS) is 10.5. The van der Waals surface area contributed by atoms with Crippen LogP contribution in [0.2, 0.25) is 0 Å². The second kappa shape index (κ2) is 7.73. The number of ether oxygens (including phenoxy) is 1. The molecule has 0 radical (unpaired) electrons. The van der Waals surface area contributed by atoms with E-state index in [1.165, 1.54) is 0 Å². The summed E-state index contributed by atoms with van der Waals surface area (Å²) in [7, 11) is 1.68. The fourth-order valence-electron chi connectivity index (χ4n) is 1.76. The summed E-state index contributed by atoms with van der Waals surface area (Å²) >= 11 is 0. The molecule has 0 saturated heterocycles. The molecule has 108 valence electrons. The van der Waals surface area contributed by atoms with Crippen molar-refractivity contribution in [2.45, 2.75) is 20.8 Å². The predicted molar refractivity (Wildman–Crippen MR) is 77.6 cm³/mol. The van der Waals surface area contributed by atoms with Crippen molar-refractivity contribution in [2.75, 3.05) is 55.4 Å². The highest BCUT2D eigenvalue weighted by molar-refractivity contribution is 5.43. The fourth-order valence-corrected chi connectivity index (χ4v) is 1.76. The summed E-state index contributed by atoms with van der Waals surface area (Å²) in [6.07, 6.45) is 0. The summed E-state index contributed by atoms with van der Waals surface area (Å²) in [5.41, 5.74) is 5.78. The Morgan fingerprint density at radius 2 is 1.47 bits per heavy atom. The van der Waals surface area contributed by atoms with Gasteiger partial charge in [0.2, 0.25) is 17.8 Å². The lowest BCUT2D eigenvalue weighted by Crippen LogP contribution is -2.31. The first-order valence-corrected chi connectivity index (χ1v) is 6.66. The maximum absolute atomic E-state index is 5.78. The van der Waals surface area contributed by atoms with E-state index in [0.29, 0.717) is 18.5 Å². The predicted octanol–water partition coefficient (Wildman–Crippen LogP) is 0.773. The summed E-state index contributed by atoms with van der Waals surface area (Å²) in [6.45, 7) is 10.00. The van der Waals surface area contributed by atoms with Gasteiger partial charge >= 0.3 is 0 Å². The van der Waals surface area contributed by atoms with Gasteiger partial charge in [-0.05, 0) is 20.8 Å². The molecule has 0 fully saturated rings. The Hall–Kier alpha value is -1.63. The second-order valence-corrected chi connectivity index (χ2v) is 4.04. The van der Waals surface area contributed by atoms with Crippen LogP contribution in [0.1, 0.15) is 20.8 Å². The van der Waals surface area contributed by atoms with E-state index >= 15 is 0 Å². The Labute approximate surface area is 114 Å². The number of hydrogen-bond donors (Lipinski definition) is 1. The number of nitrogens with zero attached hydrogens (tertiary/aromatic N) is 5. The maximum Gasteiger partial charge on any atom is 0.232 e.